The molecule has 1 aliphatic heterocycles. The molecule has 0 radical (unpaired) electrons. The van der Waals surface area contributed by atoms with Crippen LogP contribution < -0.4 is 0 Å². The molecule has 3 rings (SSSR count). The lowest BCUT2D eigenvalue weighted by molar-refractivity contribution is -0.134. The average Bonchev–Trinajstić information content (AvgIpc) is 3.05. The second-order valence-corrected chi connectivity index (χ2v) is 9.17. The average molecular weight is 373 g/mol. The number of carbonyl (C=O) groups excluding carboxylic acids is 1. The molecule has 1 N–H and O–H groups in total. The van der Waals surface area contributed by atoms with Crippen LogP contribution in [0.15, 0.2) is 18.2 Å². The van der Waals surface area contributed by atoms with E-state index in [4.69, 9.17) is 5.41 Å². The Labute approximate surface area is 162 Å². The molecular weight excluding hydrogens is 340 g/mol. The molecule has 1 aliphatic carbocycles. The first-order chi connectivity index (χ1) is 12.5. The largest absolute Gasteiger partial charge is 0.337 e. The zero-order valence-corrected chi connectivity index (χ0v) is 17.2. The highest BCUT2D eigenvalue weighted by Crippen LogP contribution is 2.37. The molecule has 1 amide bonds. The number of amides is 1. The summed E-state index contributed by atoms with van der Waals surface area (Å²) < 4.78 is 0. The Hall–Kier alpha value is -1.29. The molecule has 0 saturated carbocycles. The molecule has 0 spiro atoms. The van der Waals surface area contributed by atoms with Gasteiger partial charge in [0.1, 0.15) is 0 Å². The molecular formula is C22H32N2OS. The van der Waals surface area contributed by atoms with E-state index in [2.05, 4.69) is 43.9 Å². The van der Waals surface area contributed by atoms with Crippen LogP contribution in [0.25, 0.3) is 0 Å². The number of hydrogen-bond donors (Lipinski definition) is 1. The molecule has 1 fully saturated rings. The molecule has 2 unspecified atom stereocenters. The van der Waals surface area contributed by atoms with Gasteiger partial charge in [0.25, 0.3) is 0 Å². The lowest BCUT2D eigenvalue weighted by Gasteiger charge is -2.37. The quantitative estimate of drug-likeness (QED) is 0.715. The SMILES string of the molecule is CCCC(=N)CC1CSCCN1C(=O)C1CCc2cc(C(C)C)ccc21. The number of thioether (sulfide) groups is 1. The fraction of sp³-hybridized carbons (Fsp3) is 0.636. The minimum Gasteiger partial charge on any atom is -0.337 e. The number of fused-ring (bicyclic) bond motifs is 1. The van der Waals surface area contributed by atoms with E-state index < -0.39 is 0 Å². The number of benzene rings is 1. The number of rotatable bonds is 6. The van der Waals surface area contributed by atoms with Gasteiger partial charge in [0.2, 0.25) is 5.91 Å². The normalized spacial score (nSPS) is 22.5. The summed E-state index contributed by atoms with van der Waals surface area (Å²) in [6, 6.07) is 6.93. The van der Waals surface area contributed by atoms with Gasteiger partial charge in [-0.25, -0.2) is 0 Å². The maximum Gasteiger partial charge on any atom is 0.230 e. The third kappa shape index (κ3) is 4.16. The van der Waals surface area contributed by atoms with Crippen LogP contribution in [-0.2, 0) is 11.2 Å². The summed E-state index contributed by atoms with van der Waals surface area (Å²) in [5.41, 5.74) is 4.79. The van der Waals surface area contributed by atoms with Crippen LogP contribution in [0, 0.1) is 5.41 Å². The summed E-state index contributed by atoms with van der Waals surface area (Å²) in [7, 11) is 0. The van der Waals surface area contributed by atoms with Crippen LogP contribution in [0.5, 0.6) is 0 Å². The van der Waals surface area contributed by atoms with Gasteiger partial charge in [-0.05, 0) is 41.9 Å². The smallest absolute Gasteiger partial charge is 0.230 e. The van der Waals surface area contributed by atoms with Gasteiger partial charge in [-0.3, -0.25) is 4.79 Å². The molecule has 1 saturated heterocycles. The lowest BCUT2D eigenvalue weighted by atomic mass is 9.94. The van der Waals surface area contributed by atoms with Crippen molar-refractivity contribution in [3.8, 4) is 0 Å². The van der Waals surface area contributed by atoms with Gasteiger partial charge in [0.15, 0.2) is 0 Å². The van der Waals surface area contributed by atoms with Crippen LogP contribution in [0.1, 0.15) is 75.0 Å². The fourth-order valence-corrected chi connectivity index (χ4v) is 5.32. The number of carbonyl (C=O) groups is 1. The molecule has 142 valence electrons. The molecule has 0 bridgehead atoms. The zero-order chi connectivity index (χ0) is 18.7. The van der Waals surface area contributed by atoms with Crippen molar-refractivity contribution in [3.63, 3.8) is 0 Å². The Morgan fingerprint density at radius 3 is 2.92 bits per heavy atom. The summed E-state index contributed by atoms with van der Waals surface area (Å²) in [6.07, 6.45) is 4.58. The number of nitrogens with one attached hydrogen (secondary N) is 1. The van der Waals surface area contributed by atoms with Gasteiger partial charge in [0, 0.05) is 36.2 Å². The van der Waals surface area contributed by atoms with Crippen LogP contribution in [-0.4, -0.2) is 40.6 Å². The van der Waals surface area contributed by atoms with Crippen molar-refractivity contribution in [2.24, 2.45) is 0 Å². The van der Waals surface area contributed by atoms with Crippen molar-refractivity contribution < 1.29 is 4.79 Å². The summed E-state index contributed by atoms with van der Waals surface area (Å²) in [5.74, 6) is 2.86. The van der Waals surface area contributed by atoms with Crippen LogP contribution in [0.3, 0.4) is 0 Å². The molecule has 1 aromatic rings. The third-order valence-electron chi connectivity index (χ3n) is 5.75. The van der Waals surface area contributed by atoms with Crippen LogP contribution in [0.4, 0.5) is 0 Å². The molecule has 2 aliphatic rings. The second kappa shape index (κ2) is 8.60. The van der Waals surface area contributed by atoms with Crippen molar-refractivity contribution in [2.45, 2.75) is 70.8 Å². The standard InChI is InChI=1S/C22H32N2OS/c1-4-5-18(23)13-19-14-26-11-10-24(19)22(25)21-9-7-17-12-16(15(2)3)6-8-20(17)21/h6,8,12,15,19,21,23H,4-5,7,9-11,13-14H2,1-3H3. The predicted octanol–water partition coefficient (Wildman–Crippen LogP) is 4.99. The van der Waals surface area contributed by atoms with Crippen molar-refractivity contribution in [1.29, 1.82) is 5.41 Å². The van der Waals surface area contributed by atoms with E-state index in [1.807, 2.05) is 11.8 Å². The Kier molecular flexibility index (Phi) is 6.44. The van der Waals surface area contributed by atoms with Gasteiger partial charge in [-0.2, -0.15) is 11.8 Å². The highest BCUT2D eigenvalue weighted by Gasteiger charge is 2.36. The van der Waals surface area contributed by atoms with E-state index in [1.165, 1.54) is 16.7 Å². The maximum absolute atomic E-state index is 13.4. The fourth-order valence-electron chi connectivity index (χ4n) is 4.26. The zero-order valence-electron chi connectivity index (χ0n) is 16.4. The van der Waals surface area contributed by atoms with Gasteiger partial charge in [0.05, 0.1) is 5.92 Å². The summed E-state index contributed by atoms with van der Waals surface area (Å²) >= 11 is 1.93. The molecule has 1 aromatic carbocycles. The summed E-state index contributed by atoms with van der Waals surface area (Å²) in [4.78, 5) is 15.5. The van der Waals surface area contributed by atoms with Crippen molar-refractivity contribution >= 4 is 23.4 Å². The monoisotopic (exact) mass is 372 g/mol. The molecule has 3 nitrogen and oxygen atoms in total. The van der Waals surface area contributed by atoms with Crippen LogP contribution >= 0.6 is 11.8 Å². The third-order valence-corrected chi connectivity index (χ3v) is 6.85. The summed E-state index contributed by atoms with van der Waals surface area (Å²) in [6.45, 7) is 7.40. The first kappa shape index (κ1) is 19.5. The van der Waals surface area contributed by atoms with E-state index in [9.17, 15) is 4.79 Å². The first-order valence-electron chi connectivity index (χ1n) is 10.1. The van der Waals surface area contributed by atoms with E-state index in [1.54, 1.807) is 0 Å². The Morgan fingerprint density at radius 2 is 2.19 bits per heavy atom. The number of aryl methyl sites for hydroxylation is 1. The van der Waals surface area contributed by atoms with Crippen molar-refractivity contribution in [1.82, 2.24) is 4.90 Å². The molecule has 2 atom stereocenters. The Morgan fingerprint density at radius 1 is 1.38 bits per heavy atom. The van der Waals surface area contributed by atoms with Gasteiger partial charge >= 0.3 is 0 Å². The Balaban J connectivity index is 1.75. The van der Waals surface area contributed by atoms with E-state index in [0.29, 0.717) is 11.8 Å². The van der Waals surface area contributed by atoms with Gasteiger partial charge in [-0.15, -0.1) is 0 Å². The van der Waals surface area contributed by atoms with Crippen molar-refractivity contribution in [2.75, 3.05) is 18.1 Å². The van der Waals surface area contributed by atoms with Gasteiger partial charge < -0.3 is 10.3 Å². The number of nitrogens with zero attached hydrogens (tertiary/aromatic N) is 1. The van der Waals surface area contributed by atoms with Gasteiger partial charge in [-0.1, -0.05) is 45.4 Å². The summed E-state index contributed by atoms with van der Waals surface area (Å²) in [5, 5.41) is 8.20. The topological polar surface area (TPSA) is 44.2 Å². The van der Waals surface area contributed by atoms with E-state index in [0.717, 1.165) is 55.9 Å². The molecule has 0 aromatic heterocycles. The highest BCUT2D eigenvalue weighted by molar-refractivity contribution is 7.99. The second-order valence-electron chi connectivity index (χ2n) is 8.02. The molecule has 26 heavy (non-hydrogen) atoms. The minimum absolute atomic E-state index is 0.0252. The first-order valence-corrected chi connectivity index (χ1v) is 11.2. The van der Waals surface area contributed by atoms with E-state index >= 15 is 0 Å². The van der Waals surface area contributed by atoms with Crippen LogP contribution in [0.2, 0.25) is 0 Å². The lowest BCUT2D eigenvalue weighted by Crippen LogP contribution is -2.48. The minimum atomic E-state index is 0.0252. The highest BCUT2D eigenvalue weighted by atomic mass is 32.2. The maximum atomic E-state index is 13.4. The predicted molar refractivity (Wildman–Crippen MR) is 112 cm³/mol. The molecule has 4 heteroatoms. The number of hydrogen-bond acceptors (Lipinski definition) is 3. The van der Waals surface area contributed by atoms with E-state index in [-0.39, 0.29) is 12.0 Å². The Bertz CT molecular complexity index is 670. The van der Waals surface area contributed by atoms with Crippen molar-refractivity contribution in [3.05, 3.63) is 34.9 Å². The molecule has 1 heterocycles.